The molecule has 4 nitrogen and oxygen atoms in total. The SMILES string of the molecule is C=CC(=O)N(CCCC(C)(CC)[Si](C)(C)OC(C)(CC)[Si](C)(C)CCCC)CCCC(CC)(CC)[Si](C)(C)OC(CC)(CC)[Si](C)(C)CCCC. The minimum absolute atomic E-state index is 0.00755. The summed E-state index contributed by atoms with van der Waals surface area (Å²) in [5.41, 5.74) is 0. The summed E-state index contributed by atoms with van der Waals surface area (Å²) in [6.45, 7) is 49.6. The van der Waals surface area contributed by atoms with Crippen molar-refractivity contribution < 1.29 is 13.6 Å². The number of hydrogen-bond donors (Lipinski definition) is 0. The Labute approximate surface area is 325 Å². The van der Waals surface area contributed by atoms with Crippen LogP contribution >= 0.6 is 0 Å². The van der Waals surface area contributed by atoms with E-state index in [4.69, 9.17) is 8.85 Å². The first-order valence-electron chi connectivity index (χ1n) is 21.8. The third-order valence-electron chi connectivity index (χ3n) is 15.3. The van der Waals surface area contributed by atoms with Gasteiger partial charge in [0.05, 0.1) is 16.1 Å². The second kappa shape index (κ2) is 21.3. The molecule has 0 aromatic heterocycles. The zero-order valence-corrected chi connectivity index (χ0v) is 42.2. The van der Waals surface area contributed by atoms with Gasteiger partial charge in [-0.3, -0.25) is 4.79 Å². The molecule has 0 radical (unpaired) electrons. The third kappa shape index (κ3) is 12.5. The van der Waals surface area contributed by atoms with Gasteiger partial charge in [-0.15, -0.1) is 0 Å². The van der Waals surface area contributed by atoms with Crippen molar-refractivity contribution in [2.45, 2.75) is 244 Å². The van der Waals surface area contributed by atoms with Crippen LogP contribution in [-0.4, -0.2) is 67.1 Å². The molecule has 0 fully saturated rings. The number of carbonyl (C=O) groups excluding carboxylic acids is 1. The molecule has 2 unspecified atom stereocenters. The van der Waals surface area contributed by atoms with Crippen LogP contribution in [0.15, 0.2) is 12.7 Å². The van der Waals surface area contributed by atoms with Crippen molar-refractivity contribution in [1.29, 1.82) is 0 Å². The monoisotopic (exact) mass is 784 g/mol. The van der Waals surface area contributed by atoms with Crippen molar-refractivity contribution in [3.63, 3.8) is 0 Å². The van der Waals surface area contributed by atoms with Gasteiger partial charge in [-0.2, -0.15) is 0 Å². The fourth-order valence-corrected chi connectivity index (χ4v) is 26.8. The molecule has 0 aromatic rings. The van der Waals surface area contributed by atoms with Crippen LogP contribution in [-0.2, 0) is 13.6 Å². The Morgan fingerprint density at radius 3 is 1.47 bits per heavy atom. The van der Waals surface area contributed by atoms with Crippen molar-refractivity contribution in [3.05, 3.63) is 12.7 Å². The van der Waals surface area contributed by atoms with Crippen LogP contribution in [0.3, 0.4) is 0 Å². The van der Waals surface area contributed by atoms with Crippen LogP contribution in [0.1, 0.15) is 159 Å². The minimum atomic E-state index is -2.13. The van der Waals surface area contributed by atoms with Gasteiger partial charge in [-0.05, 0) is 94.2 Å². The Hall–Kier alpha value is -0.00247. The molecule has 8 heteroatoms. The van der Waals surface area contributed by atoms with Crippen molar-refractivity contribution >= 4 is 38.7 Å². The summed E-state index contributed by atoms with van der Waals surface area (Å²) in [5.74, 6) is 0.0780. The maximum atomic E-state index is 13.3. The summed E-state index contributed by atoms with van der Waals surface area (Å²) in [7, 11) is -7.44. The number of rotatable bonds is 29. The Morgan fingerprint density at radius 2 is 1.08 bits per heavy atom. The second-order valence-electron chi connectivity index (χ2n) is 19.1. The molecule has 0 aromatic carbocycles. The number of carbonyl (C=O) groups is 1. The van der Waals surface area contributed by atoms with Gasteiger partial charge in [0, 0.05) is 23.5 Å². The van der Waals surface area contributed by atoms with Gasteiger partial charge in [0.1, 0.15) is 0 Å². The van der Waals surface area contributed by atoms with E-state index < -0.39 is 32.8 Å². The van der Waals surface area contributed by atoms with E-state index in [1.165, 1.54) is 43.8 Å². The highest BCUT2D eigenvalue weighted by Gasteiger charge is 2.54. The predicted molar refractivity (Wildman–Crippen MR) is 241 cm³/mol. The van der Waals surface area contributed by atoms with Crippen LogP contribution in [0.4, 0.5) is 0 Å². The van der Waals surface area contributed by atoms with Gasteiger partial charge in [0.15, 0.2) is 16.6 Å². The van der Waals surface area contributed by atoms with Gasteiger partial charge in [-0.1, -0.05) is 152 Å². The van der Waals surface area contributed by atoms with E-state index in [0.29, 0.717) is 0 Å². The highest BCUT2D eigenvalue weighted by Crippen LogP contribution is 2.53. The average molecular weight is 785 g/mol. The van der Waals surface area contributed by atoms with Gasteiger partial charge >= 0.3 is 0 Å². The molecule has 0 aliphatic carbocycles. The molecule has 0 aliphatic heterocycles. The van der Waals surface area contributed by atoms with Gasteiger partial charge in [0.25, 0.3) is 0 Å². The number of amides is 1. The molecule has 0 N–H and O–H groups in total. The van der Waals surface area contributed by atoms with E-state index in [-0.39, 0.29) is 26.4 Å². The van der Waals surface area contributed by atoms with Crippen molar-refractivity contribution in [3.8, 4) is 0 Å². The summed E-state index contributed by atoms with van der Waals surface area (Å²) in [4.78, 5) is 15.4. The lowest BCUT2D eigenvalue weighted by atomic mass is 9.95. The Balaban J connectivity index is 6.02. The first-order chi connectivity index (χ1) is 23.4. The normalized spacial score (nSPS) is 16.1. The first kappa shape index (κ1) is 51.0. The van der Waals surface area contributed by atoms with Crippen LogP contribution in [0.2, 0.25) is 74.5 Å². The predicted octanol–water partition coefficient (Wildman–Crippen LogP) is 14.6. The Morgan fingerprint density at radius 1 is 0.608 bits per heavy atom. The molecule has 0 rings (SSSR count). The lowest BCUT2D eigenvalue weighted by molar-refractivity contribution is -0.126. The molecule has 304 valence electrons. The van der Waals surface area contributed by atoms with E-state index in [1.54, 1.807) is 0 Å². The molecule has 0 bridgehead atoms. The fraction of sp³-hybridized carbons (Fsp3) is 0.930. The second-order valence-corrected chi connectivity index (χ2v) is 38.3. The fourth-order valence-electron chi connectivity index (χ4n) is 9.58. The highest BCUT2D eigenvalue weighted by molar-refractivity contribution is 6.83. The number of nitrogens with zero attached hydrogens (tertiary/aromatic N) is 1. The molecule has 2 atom stereocenters. The molecule has 1 amide bonds. The molecule has 0 saturated heterocycles. The average Bonchev–Trinajstić information content (AvgIpc) is 3.08. The minimum Gasteiger partial charge on any atom is -0.414 e. The van der Waals surface area contributed by atoms with Gasteiger partial charge < -0.3 is 13.8 Å². The van der Waals surface area contributed by atoms with E-state index in [9.17, 15) is 4.79 Å². The smallest absolute Gasteiger partial charge is 0.245 e. The summed E-state index contributed by atoms with van der Waals surface area (Å²) in [6, 6.07) is 2.68. The zero-order valence-electron chi connectivity index (χ0n) is 38.2. The Bertz CT molecular complexity index is 1020. The van der Waals surface area contributed by atoms with Gasteiger partial charge in [0.2, 0.25) is 5.91 Å². The summed E-state index contributed by atoms with van der Waals surface area (Å²) < 4.78 is 15.2. The third-order valence-corrected chi connectivity index (χ3v) is 34.4. The van der Waals surface area contributed by atoms with Crippen LogP contribution in [0, 0.1) is 0 Å². The number of hydrogen-bond acceptors (Lipinski definition) is 3. The standard InChI is InChI=1S/C43H93NO3Si4/c1-20-29-37-48(12,13)41(11,24-5)46-50(16,17)40(10,23-4)33-31-35-44(39(45)22-3)36-32-34-42(25-6,26-7)51(18,19)47-43(27-8,28-9)49(14,15)38-30-21-2/h22H,3,20-21,23-38H2,1-2,4-19H3. The highest BCUT2D eigenvalue weighted by atomic mass is 28.4. The topological polar surface area (TPSA) is 38.8 Å². The maximum absolute atomic E-state index is 13.3. The quantitative estimate of drug-likeness (QED) is 0.0560. The largest absolute Gasteiger partial charge is 0.414 e. The van der Waals surface area contributed by atoms with Crippen molar-refractivity contribution in [2.24, 2.45) is 0 Å². The molecule has 0 aliphatic rings. The first-order valence-corrected chi connectivity index (χ1v) is 34.0. The zero-order chi connectivity index (χ0) is 40.0. The van der Waals surface area contributed by atoms with Crippen LogP contribution in [0.25, 0.3) is 0 Å². The summed E-state index contributed by atoms with van der Waals surface area (Å²) in [6.07, 6.45) is 17.6. The lowest BCUT2D eigenvalue weighted by Crippen LogP contribution is -2.62. The molecular formula is C43H93NO3Si4. The van der Waals surface area contributed by atoms with Crippen LogP contribution < -0.4 is 0 Å². The van der Waals surface area contributed by atoms with Crippen molar-refractivity contribution in [1.82, 2.24) is 4.90 Å². The van der Waals surface area contributed by atoms with E-state index in [1.807, 2.05) is 0 Å². The number of unbranched alkanes of at least 4 members (excludes halogenated alkanes) is 2. The summed E-state index contributed by atoms with van der Waals surface area (Å²) >= 11 is 0. The maximum Gasteiger partial charge on any atom is 0.245 e. The van der Waals surface area contributed by atoms with E-state index in [2.05, 4.69) is 133 Å². The Kier molecular flexibility index (Phi) is 21.3. The lowest BCUT2D eigenvalue weighted by Gasteiger charge is -2.54. The van der Waals surface area contributed by atoms with E-state index >= 15 is 0 Å². The van der Waals surface area contributed by atoms with E-state index in [0.717, 1.165) is 77.3 Å². The molecular weight excluding hydrogens is 691 g/mol. The van der Waals surface area contributed by atoms with Crippen LogP contribution in [0.5, 0.6) is 0 Å². The summed E-state index contributed by atoms with van der Waals surface area (Å²) in [5, 5.41) is 0.363. The molecule has 0 saturated carbocycles. The molecule has 51 heavy (non-hydrogen) atoms. The molecule has 0 spiro atoms. The molecule has 0 heterocycles. The van der Waals surface area contributed by atoms with Crippen molar-refractivity contribution in [2.75, 3.05) is 13.1 Å². The van der Waals surface area contributed by atoms with Gasteiger partial charge in [-0.25, -0.2) is 0 Å².